The summed E-state index contributed by atoms with van der Waals surface area (Å²) >= 11 is 7.60. The molecule has 1 aromatic carbocycles. The third-order valence-corrected chi connectivity index (χ3v) is 3.75. The Morgan fingerprint density at radius 2 is 2.25 bits per heavy atom. The number of aryl methyl sites for hydroxylation is 1. The van der Waals surface area contributed by atoms with E-state index in [1.807, 2.05) is 30.5 Å². The number of aromatic nitrogens is 1. The van der Waals surface area contributed by atoms with Crippen LogP contribution in [0.1, 0.15) is 23.7 Å². The van der Waals surface area contributed by atoms with Crippen LogP contribution in [0.25, 0.3) is 0 Å². The molecule has 106 valence electrons. The zero-order valence-electron chi connectivity index (χ0n) is 11.2. The number of hydrogen-bond acceptors (Lipinski definition) is 5. The van der Waals surface area contributed by atoms with Crippen molar-refractivity contribution >= 4 is 34.6 Å². The smallest absolute Gasteiger partial charge is 0.334 e. The third-order valence-electron chi connectivity index (χ3n) is 2.63. The second-order valence-electron chi connectivity index (χ2n) is 4.10. The van der Waals surface area contributed by atoms with E-state index >= 15 is 0 Å². The monoisotopic (exact) mass is 310 g/mol. The van der Waals surface area contributed by atoms with Gasteiger partial charge < -0.3 is 10.1 Å². The van der Waals surface area contributed by atoms with E-state index in [2.05, 4.69) is 10.3 Å². The molecule has 0 amide bonds. The summed E-state index contributed by atoms with van der Waals surface area (Å²) in [4.78, 5) is 16.5. The normalized spacial score (nSPS) is 11.9. The summed E-state index contributed by atoms with van der Waals surface area (Å²) in [5.41, 5.74) is 1.32. The molecule has 0 saturated heterocycles. The predicted octanol–water partition coefficient (Wildman–Crippen LogP) is 3.82. The van der Waals surface area contributed by atoms with Gasteiger partial charge in [-0.05, 0) is 26.0 Å². The molecule has 20 heavy (non-hydrogen) atoms. The molecule has 6 heteroatoms. The number of carbonyl (C=O) groups is 1. The molecule has 0 bridgehead atoms. The van der Waals surface area contributed by atoms with Crippen molar-refractivity contribution in [2.24, 2.45) is 0 Å². The van der Waals surface area contributed by atoms with Crippen LogP contribution in [0.3, 0.4) is 0 Å². The summed E-state index contributed by atoms with van der Waals surface area (Å²) in [6, 6.07) is 6.61. The van der Waals surface area contributed by atoms with Gasteiger partial charge in [0.25, 0.3) is 0 Å². The first-order valence-corrected chi connectivity index (χ1v) is 7.47. The summed E-state index contributed by atoms with van der Waals surface area (Å²) in [7, 11) is 0. The van der Waals surface area contributed by atoms with Gasteiger partial charge in [-0.3, -0.25) is 0 Å². The molecule has 2 rings (SSSR count). The number of nitrogens with one attached hydrogen (secondary N) is 1. The van der Waals surface area contributed by atoms with E-state index in [0.717, 1.165) is 5.01 Å². The molecule has 1 unspecified atom stereocenters. The maximum Gasteiger partial charge on any atom is 0.334 e. The van der Waals surface area contributed by atoms with E-state index < -0.39 is 6.04 Å². The van der Waals surface area contributed by atoms with Gasteiger partial charge in [-0.15, -0.1) is 11.3 Å². The number of carbonyl (C=O) groups excluding carboxylic acids is 1. The Labute approximate surface area is 126 Å². The highest BCUT2D eigenvalue weighted by Gasteiger charge is 2.25. The van der Waals surface area contributed by atoms with Crippen molar-refractivity contribution in [3.63, 3.8) is 0 Å². The molecule has 0 fully saturated rings. The van der Waals surface area contributed by atoms with Crippen molar-refractivity contribution in [1.29, 1.82) is 0 Å². The lowest BCUT2D eigenvalue weighted by Gasteiger charge is -2.17. The van der Waals surface area contributed by atoms with Crippen molar-refractivity contribution in [3.05, 3.63) is 45.4 Å². The lowest BCUT2D eigenvalue weighted by molar-refractivity contribution is -0.144. The predicted molar refractivity (Wildman–Crippen MR) is 81.3 cm³/mol. The van der Waals surface area contributed by atoms with Crippen LogP contribution in [0.4, 0.5) is 5.69 Å². The number of hydrogen-bond donors (Lipinski definition) is 1. The zero-order valence-corrected chi connectivity index (χ0v) is 12.8. The average molecular weight is 311 g/mol. The van der Waals surface area contributed by atoms with Crippen molar-refractivity contribution < 1.29 is 9.53 Å². The fourth-order valence-electron chi connectivity index (χ4n) is 1.73. The van der Waals surface area contributed by atoms with Gasteiger partial charge in [0.2, 0.25) is 0 Å². The Balaban J connectivity index is 2.27. The lowest BCUT2D eigenvalue weighted by atomic mass is 10.2. The van der Waals surface area contributed by atoms with Gasteiger partial charge in [-0.2, -0.15) is 0 Å². The molecule has 0 saturated carbocycles. The number of rotatable bonds is 5. The second-order valence-corrected chi connectivity index (χ2v) is 5.57. The van der Waals surface area contributed by atoms with E-state index in [1.54, 1.807) is 13.0 Å². The molecule has 4 nitrogen and oxygen atoms in total. The molecule has 1 heterocycles. The van der Waals surface area contributed by atoms with Gasteiger partial charge in [0.1, 0.15) is 0 Å². The highest BCUT2D eigenvalue weighted by atomic mass is 35.5. The summed E-state index contributed by atoms with van der Waals surface area (Å²) < 4.78 is 5.10. The molecule has 0 spiro atoms. The van der Waals surface area contributed by atoms with Crippen molar-refractivity contribution in [1.82, 2.24) is 4.98 Å². The maximum absolute atomic E-state index is 12.1. The first kappa shape index (κ1) is 14.8. The highest BCUT2D eigenvalue weighted by molar-refractivity contribution is 7.09. The number of halogens is 1. The van der Waals surface area contributed by atoms with Crippen LogP contribution in [0.15, 0.2) is 29.6 Å². The third kappa shape index (κ3) is 3.49. The van der Waals surface area contributed by atoms with Crippen LogP contribution >= 0.6 is 22.9 Å². The largest absolute Gasteiger partial charge is 0.464 e. The molecule has 0 aliphatic carbocycles. The number of benzene rings is 1. The standard InChI is InChI=1S/C14H15ClN2O2S/c1-3-19-14(18)13(12-8-20-9(2)16-12)17-11-7-5-4-6-10(11)15/h4-8,13,17H,3H2,1-2H3. The van der Waals surface area contributed by atoms with Crippen LogP contribution in [0.5, 0.6) is 0 Å². The SMILES string of the molecule is CCOC(=O)C(Nc1ccccc1Cl)c1csc(C)n1. The summed E-state index contributed by atoms with van der Waals surface area (Å²) in [5, 5.41) is 6.40. The van der Waals surface area contributed by atoms with E-state index in [9.17, 15) is 4.79 Å². The molecule has 2 aromatic rings. The first-order valence-electron chi connectivity index (χ1n) is 6.21. The molecule has 0 radical (unpaired) electrons. The number of anilines is 1. The summed E-state index contributed by atoms with van der Waals surface area (Å²) in [6.07, 6.45) is 0. The van der Waals surface area contributed by atoms with Gasteiger partial charge in [-0.1, -0.05) is 23.7 Å². The van der Waals surface area contributed by atoms with Gasteiger partial charge in [0, 0.05) is 5.38 Å². The highest BCUT2D eigenvalue weighted by Crippen LogP contribution is 2.27. The van der Waals surface area contributed by atoms with E-state index in [4.69, 9.17) is 16.3 Å². The Bertz CT molecular complexity index is 600. The van der Waals surface area contributed by atoms with Crippen molar-refractivity contribution in [2.45, 2.75) is 19.9 Å². The van der Waals surface area contributed by atoms with Crippen LogP contribution in [0.2, 0.25) is 5.02 Å². The maximum atomic E-state index is 12.1. The minimum atomic E-state index is -0.653. The van der Waals surface area contributed by atoms with E-state index in [1.165, 1.54) is 11.3 Å². The summed E-state index contributed by atoms with van der Waals surface area (Å²) in [5.74, 6) is -0.363. The van der Waals surface area contributed by atoms with Gasteiger partial charge in [0.05, 0.1) is 28.0 Å². The molecule has 1 N–H and O–H groups in total. The number of ether oxygens (including phenoxy) is 1. The fourth-order valence-corrected chi connectivity index (χ4v) is 2.55. The topological polar surface area (TPSA) is 51.2 Å². The minimum absolute atomic E-state index is 0.322. The Hall–Kier alpha value is -1.59. The fraction of sp³-hybridized carbons (Fsp3) is 0.286. The molecule has 1 atom stereocenters. The molecular formula is C14H15ClN2O2S. The number of thiazole rings is 1. The van der Waals surface area contributed by atoms with E-state index in [0.29, 0.717) is 23.0 Å². The van der Waals surface area contributed by atoms with Crippen molar-refractivity contribution in [3.8, 4) is 0 Å². The quantitative estimate of drug-likeness (QED) is 0.853. The van der Waals surface area contributed by atoms with Crippen LogP contribution in [-0.4, -0.2) is 17.6 Å². The first-order chi connectivity index (χ1) is 9.61. The minimum Gasteiger partial charge on any atom is -0.464 e. The Kier molecular flexibility index (Phi) is 4.98. The molecular weight excluding hydrogens is 296 g/mol. The Morgan fingerprint density at radius 1 is 1.50 bits per heavy atom. The molecule has 1 aromatic heterocycles. The molecule has 0 aliphatic rings. The lowest BCUT2D eigenvalue weighted by Crippen LogP contribution is -2.24. The van der Waals surface area contributed by atoms with E-state index in [-0.39, 0.29) is 5.97 Å². The second kappa shape index (κ2) is 6.72. The van der Waals surface area contributed by atoms with Gasteiger partial charge in [-0.25, -0.2) is 9.78 Å². The number of nitrogens with zero attached hydrogens (tertiary/aromatic N) is 1. The summed E-state index contributed by atoms with van der Waals surface area (Å²) in [6.45, 7) is 3.99. The number of para-hydroxylation sites is 1. The number of esters is 1. The zero-order chi connectivity index (χ0) is 14.5. The van der Waals surface area contributed by atoms with Gasteiger partial charge in [0.15, 0.2) is 6.04 Å². The van der Waals surface area contributed by atoms with Crippen molar-refractivity contribution in [2.75, 3.05) is 11.9 Å². The average Bonchev–Trinajstić information content (AvgIpc) is 2.84. The molecule has 0 aliphatic heterocycles. The van der Waals surface area contributed by atoms with Crippen LogP contribution in [0, 0.1) is 6.92 Å². The Morgan fingerprint density at radius 3 is 2.85 bits per heavy atom. The van der Waals surface area contributed by atoms with Crippen LogP contribution < -0.4 is 5.32 Å². The van der Waals surface area contributed by atoms with Crippen LogP contribution in [-0.2, 0) is 9.53 Å². The van der Waals surface area contributed by atoms with Gasteiger partial charge >= 0.3 is 5.97 Å².